The van der Waals surface area contributed by atoms with E-state index in [1.165, 1.54) is 4.90 Å². The van der Waals surface area contributed by atoms with Gasteiger partial charge in [-0.3, -0.25) is 4.90 Å². The van der Waals surface area contributed by atoms with Crippen LogP contribution >= 0.6 is 0 Å². The molecule has 1 aromatic rings. The number of aromatic nitrogens is 1. The van der Waals surface area contributed by atoms with Crippen molar-refractivity contribution in [2.75, 3.05) is 31.5 Å². The topological polar surface area (TPSA) is 52.0 Å². The molecule has 0 aromatic carbocycles. The maximum absolute atomic E-state index is 12.3. The Morgan fingerprint density at radius 3 is 2.64 bits per heavy atom. The van der Waals surface area contributed by atoms with Crippen LogP contribution in [0.25, 0.3) is 0 Å². The van der Waals surface area contributed by atoms with E-state index in [2.05, 4.69) is 16.4 Å². The van der Waals surface area contributed by atoms with Crippen molar-refractivity contribution in [3.05, 3.63) is 23.4 Å². The Labute approximate surface area is 127 Å². The average molecular weight is 312 g/mol. The minimum absolute atomic E-state index is 0.304. The van der Waals surface area contributed by atoms with E-state index in [-0.39, 0.29) is 0 Å². The maximum Gasteiger partial charge on any atom is 0.401 e. The van der Waals surface area contributed by atoms with Crippen molar-refractivity contribution in [1.82, 2.24) is 9.88 Å². The van der Waals surface area contributed by atoms with Crippen LogP contribution in [-0.4, -0.2) is 42.2 Å². The summed E-state index contributed by atoms with van der Waals surface area (Å²) in [6.07, 6.45) is -2.69. The standard InChI is InChI=1S/C15H19F3N4/c1-11-2-3-13(8-19)14(21-11)20-9-12-4-6-22(7-5-12)10-15(16,17)18/h2-3,12H,4-7,9-10H2,1H3,(H,20,21). The van der Waals surface area contributed by atoms with Crippen LogP contribution in [0.1, 0.15) is 24.1 Å². The number of piperidine rings is 1. The molecular weight excluding hydrogens is 293 g/mol. The van der Waals surface area contributed by atoms with Crippen molar-refractivity contribution in [1.29, 1.82) is 5.26 Å². The zero-order valence-electron chi connectivity index (χ0n) is 12.5. The average Bonchev–Trinajstić information content (AvgIpc) is 2.45. The van der Waals surface area contributed by atoms with E-state index in [1.807, 2.05) is 6.92 Å². The number of aryl methyl sites for hydroxylation is 1. The van der Waals surface area contributed by atoms with Gasteiger partial charge in [0.15, 0.2) is 0 Å². The van der Waals surface area contributed by atoms with Crippen LogP contribution in [0.15, 0.2) is 12.1 Å². The van der Waals surface area contributed by atoms with Crippen molar-refractivity contribution in [3.8, 4) is 6.07 Å². The smallest absolute Gasteiger partial charge is 0.369 e. The van der Waals surface area contributed by atoms with Gasteiger partial charge in [0.05, 0.1) is 12.1 Å². The number of alkyl halides is 3. The fraction of sp³-hybridized carbons (Fsp3) is 0.600. The monoisotopic (exact) mass is 312 g/mol. The number of anilines is 1. The number of nitrogens with zero attached hydrogens (tertiary/aromatic N) is 3. The van der Waals surface area contributed by atoms with Crippen LogP contribution in [0.5, 0.6) is 0 Å². The molecule has 0 atom stereocenters. The molecule has 1 N–H and O–H groups in total. The number of nitriles is 1. The summed E-state index contributed by atoms with van der Waals surface area (Å²) in [6, 6.07) is 5.58. The second-order valence-electron chi connectivity index (χ2n) is 5.68. The zero-order chi connectivity index (χ0) is 16.2. The van der Waals surface area contributed by atoms with Gasteiger partial charge in [0, 0.05) is 12.2 Å². The molecule has 22 heavy (non-hydrogen) atoms. The van der Waals surface area contributed by atoms with E-state index >= 15 is 0 Å². The summed E-state index contributed by atoms with van der Waals surface area (Å²) in [5.41, 5.74) is 1.31. The summed E-state index contributed by atoms with van der Waals surface area (Å²) in [5.74, 6) is 0.860. The van der Waals surface area contributed by atoms with Gasteiger partial charge in [0.25, 0.3) is 0 Å². The third-order valence-corrected chi connectivity index (χ3v) is 3.82. The fourth-order valence-corrected chi connectivity index (χ4v) is 2.62. The molecule has 120 valence electrons. The highest BCUT2D eigenvalue weighted by Crippen LogP contribution is 2.23. The van der Waals surface area contributed by atoms with E-state index in [1.54, 1.807) is 12.1 Å². The Hall–Kier alpha value is -1.81. The number of nitrogens with one attached hydrogen (secondary N) is 1. The van der Waals surface area contributed by atoms with Crippen molar-refractivity contribution in [3.63, 3.8) is 0 Å². The maximum atomic E-state index is 12.3. The van der Waals surface area contributed by atoms with Crippen LogP contribution in [0, 0.1) is 24.2 Å². The molecule has 7 heteroatoms. The first-order chi connectivity index (χ1) is 10.4. The number of pyridine rings is 1. The highest BCUT2D eigenvalue weighted by atomic mass is 19.4. The molecule has 0 radical (unpaired) electrons. The third-order valence-electron chi connectivity index (χ3n) is 3.82. The van der Waals surface area contributed by atoms with Gasteiger partial charge < -0.3 is 5.32 Å². The van der Waals surface area contributed by atoms with Gasteiger partial charge in [-0.05, 0) is 50.9 Å². The molecule has 0 bridgehead atoms. The molecule has 0 aliphatic carbocycles. The lowest BCUT2D eigenvalue weighted by Crippen LogP contribution is -2.41. The zero-order valence-corrected chi connectivity index (χ0v) is 12.5. The van der Waals surface area contributed by atoms with Gasteiger partial charge in [0.2, 0.25) is 0 Å². The van der Waals surface area contributed by atoms with Gasteiger partial charge in [-0.15, -0.1) is 0 Å². The molecule has 1 fully saturated rings. The molecular formula is C15H19F3N4. The van der Waals surface area contributed by atoms with Crippen LogP contribution < -0.4 is 5.32 Å². The van der Waals surface area contributed by atoms with Crippen molar-refractivity contribution in [2.45, 2.75) is 25.9 Å². The van der Waals surface area contributed by atoms with E-state index in [0.717, 1.165) is 18.5 Å². The molecule has 0 saturated carbocycles. The summed E-state index contributed by atoms with van der Waals surface area (Å²) in [7, 11) is 0. The van der Waals surface area contributed by atoms with Gasteiger partial charge in [-0.1, -0.05) is 0 Å². The lowest BCUT2D eigenvalue weighted by atomic mass is 9.96. The van der Waals surface area contributed by atoms with E-state index in [0.29, 0.717) is 36.9 Å². The van der Waals surface area contributed by atoms with Crippen LogP contribution in [0.3, 0.4) is 0 Å². The minimum Gasteiger partial charge on any atom is -0.369 e. The lowest BCUT2D eigenvalue weighted by molar-refractivity contribution is -0.148. The number of hydrogen-bond donors (Lipinski definition) is 1. The van der Waals surface area contributed by atoms with Gasteiger partial charge in [-0.2, -0.15) is 18.4 Å². The van der Waals surface area contributed by atoms with Crippen molar-refractivity contribution in [2.24, 2.45) is 5.92 Å². The summed E-state index contributed by atoms with van der Waals surface area (Å²) < 4.78 is 37.0. The van der Waals surface area contributed by atoms with E-state index in [4.69, 9.17) is 5.26 Å². The highest BCUT2D eigenvalue weighted by Gasteiger charge is 2.32. The van der Waals surface area contributed by atoms with Gasteiger partial charge in [-0.25, -0.2) is 4.98 Å². The second-order valence-corrected chi connectivity index (χ2v) is 5.68. The number of rotatable bonds is 4. The molecule has 0 spiro atoms. The molecule has 0 unspecified atom stereocenters. The van der Waals surface area contributed by atoms with Gasteiger partial charge >= 0.3 is 6.18 Å². The van der Waals surface area contributed by atoms with Crippen molar-refractivity contribution < 1.29 is 13.2 Å². The highest BCUT2D eigenvalue weighted by molar-refractivity contribution is 5.52. The summed E-state index contributed by atoms with van der Waals surface area (Å²) in [6.45, 7) is 2.56. The Balaban J connectivity index is 1.82. The number of hydrogen-bond acceptors (Lipinski definition) is 4. The molecule has 4 nitrogen and oxygen atoms in total. The number of likely N-dealkylation sites (tertiary alicyclic amines) is 1. The Morgan fingerprint density at radius 2 is 2.05 bits per heavy atom. The molecule has 1 aromatic heterocycles. The quantitative estimate of drug-likeness (QED) is 0.929. The van der Waals surface area contributed by atoms with Crippen molar-refractivity contribution >= 4 is 5.82 Å². The first-order valence-electron chi connectivity index (χ1n) is 7.28. The summed E-state index contributed by atoms with van der Waals surface area (Å²) >= 11 is 0. The van der Waals surface area contributed by atoms with Crippen LogP contribution in [0.4, 0.5) is 19.0 Å². The molecule has 1 aliphatic rings. The molecule has 1 aliphatic heterocycles. The number of halogens is 3. The fourth-order valence-electron chi connectivity index (χ4n) is 2.62. The molecule has 2 rings (SSSR count). The first-order valence-corrected chi connectivity index (χ1v) is 7.28. The largest absolute Gasteiger partial charge is 0.401 e. The lowest BCUT2D eigenvalue weighted by Gasteiger charge is -2.32. The Kier molecular flexibility index (Phi) is 5.24. The SMILES string of the molecule is Cc1ccc(C#N)c(NCC2CCN(CC(F)(F)F)CC2)n1. The normalized spacial score (nSPS) is 17.2. The predicted molar refractivity (Wildman–Crippen MR) is 77.4 cm³/mol. The molecule has 2 heterocycles. The summed E-state index contributed by atoms with van der Waals surface area (Å²) in [5, 5.41) is 12.2. The predicted octanol–water partition coefficient (Wildman–Crippen LogP) is 2.95. The second kappa shape index (κ2) is 6.97. The first kappa shape index (κ1) is 16.6. The minimum atomic E-state index is -4.13. The summed E-state index contributed by atoms with van der Waals surface area (Å²) in [4.78, 5) is 5.75. The van der Waals surface area contributed by atoms with E-state index in [9.17, 15) is 13.2 Å². The molecule has 1 saturated heterocycles. The molecule has 0 amide bonds. The van der Waals surface area contributed by atoms with Crippen LogP contribution in [0.2, 0.25) is 0 Å². The Bertz CT molecular complexity index is 543. The Morgan fingerprint density at radius 1 is 1.36 bits per heavy atom. The van der Waals surface area contributed by atoms with Crippen LogP contribution in [-0.2, 0) is 0 Å². The third kappa shape index (κ3) is 4.88. The van der Waals surface area contributed by atoms with Gasteiger partial charge in [0.1, 0.15) is 11.9 Å². The van der Waals surface area contributed by atoms with E-state index < -0.39 is 12.7 Å².